The van der Waals surface area contributed by atoms with Crippen molar-refractivity contribution >= 4 is 23.6 Å². The molecule has 5 rings (SSSR count). The van der Waals surface area contributed by atoms with Crippen molar-refractivity contribution in [1.82, 2.24) is 14.7 Å². The van der Waals surface area contributed by atoms with Gasteiger partial charge in [0.2, 0.25) is 5.91 Å². The molecule has 1 saturated carbocycles. The van der Waals surface area contributed by atoms with E-state index in [1.165, 1.54) is 6.07 Å². The maximum Gasteiger partial charge on any atom is 0.410 e. The van der Waals surface area contributed by atoms with Crippen molar-refractivity contribution in [2.24, 2.45) is 5.92 Å². The Morgan fingerprint density at radius 1 is 1.14 bits per heavy atom. The highest BCUT2D eigenvalue weighted by Crippen LogP contribution is 2.46. The van der Waals surface area contributed by atoms with Gasteiger partial charge in [-0.25, -0.2) is 9.18 Å². The number of benzene rings is 1. The number of hydrogen-bond acceptors (Lipinski definition) is 5. The van der Waals surface area contributed by atoms with E-state index in [9.17, 15) is 9.59 Å². The van der Waals surface area contributed by atoms with E-state index in [2.05, 4.69) is 4.90 Å². The van der Waals surface area contributed by atoms with Crippen LogP contribution in [0.25, 0.3) is 0 Å². The molecular weight excluding hydrogens is 485 g/mol. The van der Waals surface area contributed by atoms with Crippen LogP contribution in [0.5, 0.6) is 0 Å². The Morgan fingerprint density at radius 3 is 2.50 bits per heavy atom. The Labute approximate surface area is 217 Å². The summed E-state index contributed by atoms with van der Waals surface area (Å²) in [5, 5.41) is 0.354. The number of hydrogen-bond donors (Lipinski definition) is 0. The summed E-state index contributed by atoms with van der Waals surface area (Å²) in [4.78, 5) is 32.9. The average Bonchev–Trinajstić information content (AvgIpc) is 3.43. The smallest absolute Gasteiger partial charge is 0.410 e. The predicted octanol–water partition coefficient (Wildman–Crippen LogP) is 4.29. The summed E-state index contributed by atoms with van der Waals surface area (Å²) in [6.07, 6.45) is 3.27. The molecule has 0 N–H and O–H groups in total. The van der Waals surface area contributed by atoms with Gasteiger partial charge in [0.15, 0.2) is 0 Å². The highest BCUT2D eigenvalue weighted by molar-refractivity contribution is 6.30. The van der Waals surface area contributed by atoms with Crippen molar-refractivity contribution in [3.63, 3.8) is 0 Å². The summed E-state index contributed by atoms with van der Waals surface area (Å²) in [5.74, 6) is -0.879. The summed E-state index contributed by atoms with van der Waals surface area (Å²) in [6.45, 7) is 9.71. The Bertz CT molecular complexity index is 1010. The van der Waals surface area contributed by atoms with Gasteiger partial charge in [0.25, 0.3) is 0 Å². The monoisotopic (exact) mass is 521 g/mol. The number of rotatable bonds is 3. The first-order valence-electron chi connectivity index (χ1n) is 13.1. The molecule has 0 unspecified atom stereocenters. The molecule has 4 aliphatic rings. The van der Waals surface area contributed by atoms with Crippen LogP contribution in [0, 0.1) is 11.7 Å². The van der Waals surface area contributed by atoms with E-state index in [0.29, 0.717) is 49.4 Å². The first-order chi connectivity index (χ1) is 17.1. The summed E-state index contributed by atoms with van der Waals surface area (Å²) < 4.78 is 26.2. The van der Waals surface area contributed by atoms with Crippen molar-refractivity contribution in [3.8, 4) is 0 Å². The van der Waals surface area contributed by atoms with Gasteiger partial charge in [-0.1, -0.05) is 17.7 Å². The minimum atomic E-state index is -0.562. The Kier molecular flexibility index (Phi) is 6.98. The van der Waals surface area contributed by atoms with Crippen molar-refractivity contribution in [3.05, 3.63) is 34.6 Å². The number of carbonyl (C=O) groups is 2. The number of piperazine rings is 1. The van der Waals surface area contributed by atoms with Crippen molar-refractivity contribution in [2.45, 2.75) is 69.6 Å². The minimum Gasteiger partial charge on any atom is -0.444 e. The molecule has 2 atom stereocenters. The van der Waals surface area contributed by atoms with Crippen LogP contribution in [0.2, 0.25) is 5.02 Å². The van der Waals surface area contributed by atoms with Crippen LogP contribution in [-0.2, 0) is 14.3 Å². The van der Waals surface area contributed by atoms with Gasteiger partial charge in [-0.2, -0.15) is 0 Å². The third kappa shape index (κ3) is 5.22. The molecular formula is C27H37ClFN3O4. The molecule has 2 amide bonds. The van der Waals surface area contributed by atoms with Gasteiger partial charge in [-0.15, -0.1) is 0 Å². The first-order valence-corrected chi connectivity index (χ1v) is 13.5. The molecule has 4 fully saturated rings. The molecule has 3 heterocycles. The maximum absolute atomic E-state index is 15.1. The largest absolute Gasteiger partial charge is 0.444 e. The van der Waals surface area contributed by atoms with Crippen molar-refractivity contribution in [1.29, 1.82) is 0 Å². The number of ether oxygens (including phenoxy) is 2. The van der Waals surface area contributed by atoms with E-state index in [0.717, 1.165) is 38.9 Å². The fraction of sp³-hybridized carbons (Fsp3) is 0.704. The summed E-state index contributed by atoms with van der Waals surface area (Å²) >= 11 is 6.03. The van der Waals surface area contributed by atoms with Crippen molar-refractivity contribution in [2.75, 3.05) is 45.9 Å². The van der Waals surface area contributed by atoms with Crippen LogP contribution in [0.15, 0.2) is 18.2 Å². The lowest BCUT2D eigenvalue weighted by molar-refractivity contribution is -0.139. The second-order valence-corrected chi connectivity index (χ2v) is 12.2. The molecule has 9 heteroatoms. The normalized spacial score (nSPS) is 26.9. The third-order valence-electron chi connectivity index (χ3n) is 8.14. The quantitative estimate of drug-likeness (QED) is 0.594. The molecule has 3 saturated heterocycles. The lowest BCUT2D eigenvalue weighted by Crippen LogP contribution is -2.60. The SMILES string of the molecule is CC(C)(C)OC(=O)N1CCN(C(=O)[C@@H]2CN(C3CCOCC3)C[C@H]2c2ccc(Cl)cc2F)CC12CC2. The molecule has 198 valence electrons. The predicted molar refractivity (Wildman–Crippen MR) is 135 cm³/mol. The Balaban J connectivity index is 1.34. The van der Waals surface area contributed by atoms with E-state index in [1.54, 1.807) is 12.1 Å². The summed E-state index contributed by atoms with van der Waals surface area (Å²) in [6, 6.07) is 5.12. The number of nitrogens with zero attached hydrogens (tertiary/aromatic N) is 3. The van der Waals surface area contributed by atoms with Crippen LogP contribution >= 0.6 is 11.6 Å². The second kappa shape index (κ2) is 9.76. The molecule has 1 spiro atoms. The van der Waals surface area contributed by atoms with E-state index < -0.39 is 5.60 Å². The number of likely N-dealkylation sites (tertiary alicyclic amines) is 1. The van der Waals surface area contributed by atoms with Gasteiger partial charge in [-0.3, -0.25) is 14.6 Å². The van der Waals surface area contributed by atoms with E-state index in [1.807, 2.05) is 30.6 Å². The standard InChI is InChI=1S/C27H37ClFN3O4/c1-26(2,3)36-25(34)32-11-10-30(17-27(32)8-9-27)24(33)22-16-31(19-6-12-35-13-7-19)15-21(22)20-5-4-18(28)14-23(20)29/h4-5,14,19,21-22H,6-13,15-17H2,1-3H3/t21-,22+/m0/s1. The summed E-state index contributed by atoms with van der Waals surface area (Å²) in [5.41, 5.74) is -0.343. The number of halogens is 2. The molecule has 1 aliphatic carbocycles. The Morgan fingerprint density at radius 2 is 1.86 bits per heavy atom. The van der Waals surface area contributed by atoms with Crippen LogP contribution < -0.4 is 0 Å². The molecule has 7 nitrogen and oxygen atoms in total. The van der Waals surface area contributed by atoms with Gasteiger partial charge < -0.3 is 14.4 Å². The average molecular weight is 522 g/mol. The summed E-state index contributed by atoms with van der Waals surface area (Å²) in [7, 11) is 0. The highest BCUT2D eigenvalue weighted by atomic mass is 35.5. The van der Waals surface area contributed by atoms with Crippen LogP contribution in [-0.4, -0.2) is 89.8 Å². The first kappa shape index (κ1) is 25.7. The minimum absolute atomic E-state index is 0.0547. The second-order valence-electron chi connectivity index (χ2n) is 11.8. The van der Waals surface area contributed by atoms with E-state index >= 15 is 4.39 Å². The molecule has 0 radical (unpaired) electrons. The molecule has 36 heavy (non-hydrogen) atoms. The van der Waals surface area contributed by atoms with Gasteiger partial charge in [0.05, 0.1) is 11.5 Å². The van der Waals surface area contributed by atoms with Gasteiger partial charge in [0.1, 0.15) is 11.4 Å². The zero-order valence-corrected chi connectivity index (χ0v) is 22.2. The highest BCUT2D eigenvalue weighted by Gasteiger charge is 2.56. The van der Waals surface area contributed by atoms with Gasteiger partial charge in [0, 0.05) is 62.9 Å². The lowest BCUT2D eigenvalue weighted by atomic mass is 9.87. The molecule has 3 aliphatic heterocycles. The van der Waals surface area contributed by atoms with Crippen LogP contribution in [0.1, 0.15) is 57.9 Å². The molecule has 1 aromatic rings. The van der Waals surface area contributed by atoms with E-state index in [4.69, 9.17) is 21.1 Å². The molecule has 0 bridgehead atoms. The van der Waals surface area contributed by atoms with Crippen molar-refractivity contribution < 1.29 is 23.5 Å². The Hall–Kier alpha value is -1.90. The fourth-order valence-corrected chi connectivity index (χ4v) is 6.28. The van der Waals surface area contributed by atoms with Gasteiger partial charge >= 0.3 is 6.09 Å². The van der Waals surface area contributed by atoms with E-state index in [-0.39, 0.29) is 35.2 Å². The fourth-order valence-electron chi connectivity index (χ4n) is 6.12. The van der Waals surface area contributed by atoms with Crippen LogP contribution in [0.4, 0.5) is 9.18 Å². The van der Waals surface area contributed by atoms with Crippen LogP contribution in [0.3, 0.4) is 0 Å². The molecule has 1 aromatic carbocycles. The lowest BCUT2D eigenvalue weighted by Gasteiger charge is -2.43. The topological polar surface area (TPSA) is 62.3 Å². The number of carbonyl (C=O) groups excluding carboxylic acids is 2. The molecule has 0 aromatic heterocycles. The maximum atomic E-state index is 15.1. The zero-order chi connectivity index (χ0) is 25.7. The third-order valence-corrected chi connectivity index (χ3v) is 8.37. The zero-order valence-electron chi connectivity index (χ0n) is 21.5. The van der Waals surface area contributed by atoms with Gasteiger partial charge in [-0.05, 0) is 64.2 Å². The number of amides is 2.